The first-order valence-electron chi connectivity index (χ1n) is 8.42. The highest BCUT2D eigenvalue weighted by atomic mass is 16.1. The van der Waals surface area contributed by atoms with Crippen LogP contribution in [0.25, 0.3) is 10.9 Å². The number of aromatic nitrogens is 1. The lowest BCUT2D eigenvalue weighted by atomic mass is 10.1. The Morgan fingerprint density at radius 2 is 2.04 bits per heavy atom. The van der Waals surface area contributed by atoms with Crippen LogP contribution < -0.4 is 5.32 Å². The number of amides is 1. The van der Waals surface area contributed by atoms with Crippen molar-refractivity contribution in [3.63, 3.8) is 0 Å². The maximum Gasteiger partial charge on any atom is 0.266 e. The van der Waals surface area contributed by atoms with Crippen molar-refractivity contribution in [1.29, 1.82) is 0 Å². The third-order valence-electron chi connectivity index (χ3n) is 4.86. The molecule has 23 heavy (non-hydrogen) atoms. The lowest BCUT2D eigenvalue weighted by molar-refractivity contribution is -0.117. The molecule has 120 valence electrons. The zero-order valence-electron chi connectivity index (χ0n) is 13.2. The number of carbonyl (C=O) groups excluding carboxylic acids is 1. The van der Waals surface area contributed by atoms with Gasteiger partial charge >= 0.3 is 0 Å². The van der Waals surface area contributed by atoms with Gasteiger partial charge in [-0.3, -0.25) is 4.79 Å². The molecule has 0 spiro atoms. The van der Waals surface area contributed by atoms with Crippen molar-refractivity contribution in [2.24, 2.45) is 4.99 Å². The summed E-state index contributed by atoms with van der Waals surface area (Å²) < 4.78 is 2.53. The van der Waals surface area contributed by atoms with E-state index in [1.165, 1.54) is 29.4 Å². The summed E-state index contributed by atoms with van der Waals surface area (Å²) in [6.45, 7) is 3.44. The number of aliphatic imine (C=N–C) groups is 1. The Balaban J connectivity index is 1.62. The summed E-state index contributed by atoms with van der Waals surface area (Å²) in [6, 6.07) is 11.5. The van der Waals surface area contributed by atoms with Gasteiger partial charge in [0.05, 0.1) is 6.34 Å². The number of nitrogens with one attached hydrogen (secondary N) is 1. The molecule has 2 aliphatic heterocycles. The Bertz CT molecular complexity index is 743. The maximum atomic E-state index is 11.3. The summed E-state index contributed by atoms with van der Waals surface area (Å²) in [5.74, 6) is -0.0381. The molecule has 0 aliphatic carbocycles. The number of piperidine rings is 1. The van der Waals surface area contributed by atoms with Crippen LogP contribution in [0.1, 0.15) is 24.6 Å². The highest BCUT2D eigenvalue weighted by Gasteiger charge is 2.21. The standard InChI is InChI=1S/C18H22N4O/c23-18-12-21(13-20-18)10-7-16-11-14-3-1-2-4-17(14)22(16)15-5-8-19-9-6-15/h1-4,11,13,15,19H,5-10,12H2. The maximum absolute atomic E-state index is 11.3. The molecule has 2 aliphatic rings. The van der Waals surface area contributed by atoms with E-state index >= 15 is 0 Å². The Hall–Kier alpha value is -2.14. The molecule has 0 saturated carbocycles. The largest absolute Gasteiger partial charge is 0.353 e. The fourth-order valence-electron chi connectivity index (χ4n) is 3.72. The second-order valence-electron chi connectivity index (χ2n) is 6.40. The predicted molar refractivity (Wildman–Crippen MR) is 91.9 cm³/mol. The third-order valence-corrected chi connectivity index (χ3v) is 4.86. The van der Waals surface area contributed by atoms with Gasteiger partial charge in [0.1, 0.15) is 6.54 Å². The van der Waals surface area contributed by atoms with Crippen molar-refractivity contribution in [3.05, 3.63) is 36.0 Å². The summed E-state index contributed by atoms with van der Waals surface area (Å²) >= 11 is 0. The zero-order chi connectivity index (χ0) is 15.6. The predicted octanol–water partition coefficient (Wildman–Crippen LogP) is 1.98. The first-order chi connectivity index (χ1) is 11.3. The van der Waals surface area contributed by atoms with Crippen LogP contribution in [0.2, 0.25) is 0 Å². The zero-order valence-corrected chi connectivity index (χ0v) is 13.2. The molecule has 1 aromatic heterocycles. The molecule has 0 atom stereocenters. The SMILES string of the molecule is O=C1CN(CCc2cc3ccccc3n2C2CCNCC2)C=N1. The Morgan fingerprint density at radius 1 is 1.22 bits per heavy atom. The molecule has 4 rings (SSSR count). The molecular formula is C18H22N4O. The van der Waals surface area contributed by atoms with Gasteiger partial charge in [-0.1, -0.05) is 18.2 Å². The number of rotatable bonds is 4. The van der Waals surface area contributed by atoms with Gasteiger partial charge in [0.15, 0.2) is 0 Å². The van der Waals surface area contributed by atoms with E-state index in [0.29, 0.717) is 12.6 Å². The first kappa shape index (κ1) is 14.5. The number of hydrogen-bond acceptors (Lipinski definition) is 3. The van der Waals surface area contributed by atoms with Crippen LogP contribution in [0.3, 0.4) is 0 Å². The average molecular weight is 310 g/mol. The van der Waals surface area contributed by atoms with E-state index in [4.69, 9.17) is 0 Å². The highest BCUT2D eigenvalue weighted by molar-refractivity contribution is 5.92. The van der Waals surface area contributed by atoms with Crippen molar-refractivity contribution in [2.45, 2.75) is 25.3 Å². The number of fused-ring (bicyclic) bond motifs is 1. The second kappa shape index (κ2) is 6.16. The van der Waals surface area contributed by atoms with Crippen molar-refractivity contribution >= 4 is 23.1 Å². The molecule has 1 saturated heterocycles. The Morgan fingerprint density at radius 3 is 2.83 bits per heavy atom. The van der Waals surface area contributed by atoms with Crippen LogP contribution in [0.5, 0.6) is 0 Å². The van der Waals surface area contributed by atoms with Crippen LogP contribution in [-0.2, 0) is 11.2 Å². The average Bonchev–Trinajstić information content (AvgIpc) is 3.16. The van der Waals surface area contributed by atoms with E-state index in [0.717, 1.165) is 26.1 Å². The van der Waals surface area contributed by atoms with Crippen LogP contribution in [-0.4, -0.2) is 47.9 Å². The van der Waals surface area contributed by atoms with Gasteiger partial charge in [-0.15, -0.1) is 0 Å². The van der Waals surface area contributed by atoms with Crippen molar-refractivity contribution in [1.82, 2.24) is 14.8 Å². The topological polar surface area (TPSA) is 49.6 Å². The Labute approximate surface area is 136 Å². The van der Waals surface area contributed by atoms with Crippen molar-refractivity contribution < 1.29 is 4.79 Å². The summed E-state index contributed by atoms with van der Waals surface area (Å²) in [7, 11) is 0. The van der Waals surface area contributed by atoms with Gasteiger partial charge in [0, 0.05) is 30.2 Å². The summed E-state index contributed by atoms with van der Waals surface area (Å²) in [4.78, 5) is 17.1. The Kier molecular flexibility index (Phi) is 3.87. The smallest absolute Gasteiger partial charge is 0.266 e. The monoisotopic (exact) mass is 310 g/mol. The number of nitrogens with zero attached hydrogens (tertiary/aromatic N) is 3. The minimum Gasteiger partial charge on any atom is -0.353 e. The van der Waals surface area contributed by atoms with Crippen molar-refractivity contribution in [2.75, 3.05) is 26.2 Å². The fraction of sp³-hybridized carbons (Fsp3) is 0.444. The van der Waals surface area contributed by atoms with Gasteiger partial charge < -0.3 is 14.8 Å². The molecular weight excluding hydrogens is 288 g/mol. The normalized spacial score (nSPS) is 19.1. The molecule has 1 fully saturated rings. The third kappa shape index (κ3) is 2.88. The molecule has 0 unspecified atom stereocenters. The number of para-hydroxylation sites is 1. The molecule has 0 radical (unpaired) electrons. The second-order valence-corrected chi connectivity index (χ2v) is 6.40. The number of hydrogen-bond donors (Lipinski definition) is 1. The van der Waals surface area contributed by atoms with E-state index in [9.17, 15) is 4.79 Å². The lowest BCUT2D eigenvalue weighted by Crippen LogP contribution is -2.30. The fourth-order valence-corrected chi connectivity index (χ4v) is 3.72. The van der Waals surface area contributed by atoms with E-state index in [-0.39, 0.29) is 5.91 Å². The molecule has 2 aromatic rings. The minimum absolute atomic E-state index is 0.0381. The molecule has 3 heterocycles. The highest BCUT2D eigenvalue weighted by Crippen LogP contribution is 2.29. The molecule has 1 aromatic carbocycles. The van der Waals surface area contributed by atoms with Gasteiger partial charge in [0.2, 0.25) is 0 Å². The van der Waals surface area contributed by atoms with Gasteiger partial charge in [-0.25, -0.2) is 4.99 Å². The van der Waals surface area contributed by atoms with Gasteiger partial charge in [0.25, 0.3) is 5.91 Å². The van der Waals surface area contributed by atoms with Crippen LogP contribution >= 0.6 is 0 Å². The van der Waals surface area contributed by atoms with Crippen LogP contribution in [0.15, 0.2) is 35.3 Å². The number of carbonyl (C=O) groups is 1. The minimum atomic E-state index is -0.0381. The number of benzene rings is 1. The molecule has 1 N–H and O–H groups in total. The van der Waals surface area contributed by atoms with Gasteiger partial charge in [-0.2, -0.15) is 0 Å². The van der Waals surface area contributed by atoms with Gasteiger partial charge in [-0.05, 0) is 43.5 Å². The van der Waals surface area contributed by atoms with E-state index < -0.39 is 0 Å². The van der Waals surface area contributed by atoms with Crippen molar-refractivity contribution in [3.8, 4) is 0 Å². The lowest BCUT2D eigenvalue weighted by Gasteiger charge is -2.27. The quantitative estimate of drug-likeness (QED) is 0.939. The molecule has 0 bridgehead atoms. The molecule has 5 nitrogen and oxygen atoms in total. The van der Waals surface area contributed by atoms with E-state index in [1.54, 1.807) is 6.34 Å². The first-order valence-corrected chi connectivity index (χ1v) is 8.42. The van der Waals surface area contributed by atoms with Crippen LogP contribution in [0, 0.1) is 0 Å². The summed E-state index contributed by atoms with van der Waals surface area (Å²) in [6.07, 6.45) is 4.97. The van der Waals surface area contributed by atoms with Crippen LogP contribution in [0.4, 0.5) is 0 Å². The molecule has 5 heteroatoms. The molecule has 1 amide bonds. The summed E-state index contributed by atoms with van der Waals surface area (Å²) in [5.41, 5.74) is 2.70. The van der Waals surface area contributed by atoms with E-state index in [2.05, 4.69) is 45.2 Å². The summed E-state index contributed by atoms with van der Waals surface area (Å²) in [5, 5.41) is 4.76. The van der Waals surface area contributed by atoms with E-state index in [1.807, 2.05) is 4.90 Å².